The van der Waals surface area contributed by atoms with Crippen LogP contribution < -0.4 is 0 Å². The molecule has 1 nitrogen and oxygen atoms in total. The third-order valence-electron chi connectivity index (χ3n) is 0.577. The number of ketones is 1. The van der Waals surface area contributed by atoms with E-state index in [0.717, 1.165) is 0 Å². The zero-order valence-electron chi connectivity index (χ0n) is 3.95. The van der Waals surface area contributed by atoms with E-state index in [1.807, 2.05) is 0 Å². The maximum absolute atomic E-state index is 10.2. The predicted octanol–water partition coefficient (Wildman–Crippen LogP) is 1.58. The Hall–Kier alpha value is 0.440. The molecule has 0 rings (SSSR count). The van der Waals surface area contributed by atoms with Crippen molar-refractivity contribution in [3.8, 4) is 0 Å². The monoisotopic (exact) mass is 184 g/mol. The lowest BCUT2D eigenvalue weighted by molar-refractivity contribution is -0.116. The number of carbonyl (C=O) groups is 1. The minimum Gasteiger partial charge on any atom is -0.299 e. The second-order valence-corrected chi connectivity index (χ2v) is 2.65. The zero-order valence-corrected chi connectivity index (χ0v) is 6.29. The number of hydrogen-bond acceptors (Lipinski definition) is 1. The van der Waals surface area contributed by atoms with Crippen LogP contribution >= 0.6 is 27.5 Å². The summed E-state index contributed by atoms with van der Waals surface area (Å²) in [7, 11) is 0. The normalized spacial score (nSPS) is 13.6. The molecule has 1 atom stereocenters. The number of alkyl halides is 2. The Labute approximate surface area is 56.2 Å². The van der Waals surface area contributed by atoms with E-state index in [9.17, 15) is 4.79 Å². The molecule has 0 N–H and O–H groups in total. The summed E-state index contributed by atoms with van der Waals surface area (Å²) in [5.74, 6) is 0.435. The number of halogens is 2. The Balaban J connectivity index is 3.34. The molecule has 0 aliphatic rings. The van der Waals surface area contributed by atoms with Crippen LogP contribution in [0.5, 0.6) is 0 Å². The summed E-state index contributed by atoms with van der Waals surface area (Å²) >= 11 is 8.34. The van der Waals surface area contributed by atoms with Gasteiger partial charge in [-0.1, -0.05) is 15.9 Å². The third-order valence-corrected chi connectivity index (χ3v) is 2.23. The molecule has 0 saturated carbocycles. The third kappa shape index (κ3) is 3.06. The fraction of sp³-hybridized carbons (Fsp3) is 0.750. The highest BCUT2D eigenvalue weighted by Gasteiger charge is 2.05. The number of hydrogen-bond donors (Lipinski definition) is 0. The zero-order chi connectivity index (χ0) is 5.86. The van der Waals surface area contributed by atoms with E-state index in [1.54, 1.807) is 0 Å². The molecule has 3 heteroatoms. The van der Waals surface area contributed by atoms with Gasteiger partial charge in [-0.15, -0.1) is 11.6 Å². The van der Waals surface area contributed by atoms with Crippen LogP contribution in [0.15, 0.2) is 0 Å². The Morgan fingerprint density at radius 1 is 2.00 bits per heavy atom. The molecule has 0 heterocycles. The van der Waals surface area contributed by atoms with Gasteiger partial charge < -0.3 is 0 Å². The highest BCUT2D eigenvalue weighted by atomic mass is 79.9. The number of rotatable bonds is 2. The molecule has 0 bridgehead atoms. The lowest BCUT2D eigenvalue weighted by Gasteiger charge is -1.94. The topological polar surface area (TPSA) is 17.1 Å². The van der Waals surface area contributed by atoms with Crippen LogP contribution in [0.2, 0.25) is 0 Å². The van der Waals surface area contributed by atoms with E-state index in [4.69, 9.17) is 11.6 Å². The van der Waals surface area contributed by atoms with Gasteiger partial charge in [0.25, 0.3) is 0 Å². The van der Waals surface area contributed by atoms with Gasteiger partial charge in [0.1, 0.15) is 5.78 Å². The summed E-state index contributed by atoms with van der Waals surface area (Å²) in [5.41, 5.74) is 0. The molecule has 0 amide bonds. The van der Waals surface area contributed by atoms with Crippen LogP contribution in [0.3, 0.4) is 0 Å². The van der Waals surface area contributed by atoms with E-state index in [0.29, 0.717) is 5.88 Å². The fourth-order valence-electron chi connectivity index (χ4n) is 0.109. The van der Waals surface area contributed by atoms with Crippen LogP contribution in [0.4, 0.5) is 0 Å². The van der Waals surface area contributed by atoms with Crippen LogP contribution in [-0.4, -0.2) is 16.5 Å². The van der Waals surface area contributed by atoms with Crippen molar-refractivity contribution in [2.75, 3.05) is 5.88 Å². The van der Waals surface area contributed by atoms with Crippen molar-refractivity contribution in [2.45, 2.75) is 11.8 Å². The first kappa shape index (κ1) is 7.44. The van der Waals surface area contributed by atoms with Crippen LogP contribution in [-0.2, 0) is 4.79 Å². The second kappa shape index (κ2) is 3.44. The average Bonchev–Trinajstić information content (AvgIpc) is 1.65. The quantitative estimate of drug-likeness (QED) is 0.597. The largest absolute Gasteiger partial charge is 0.299 e. The van der Waals surface area contributed by atoms with Gasteiger partial charge in [-0.25, -0.2) is 0 Å². The Bertz CT molecular complexity index is 74.1. The van der Waals surface area contributed by atoms with Gasteiger partial charge in [-0.2, -0.15) is 0 Å². The molecule has 0 aromatic rings. The van der Waals surface area contributed by atoms with Gasteiger partial charge >= 0.3 is 0 Å². The van der Waals surface area contributed by atoms with E-state index in [2.05, 4.69) is 15.9 Å². The van der Waals surface area contributed by atoms with Crippen LogP contribution in [0, 0.1) is 0 Å². The SMILES string of the molecule is CC(=O)[C@H](Br)CCl. The molecule has 0 aromatic carbocycles. The minimum atomic E-state index is -0.158. The first-order chi connectivity index (χ1) is 3.18. The Morgan fingerprint density at radius 2 is 2.43 bits per heavy atom. The molecule has 7 heavy (non-hydrogen) atoms. The van der Waals surface area contributed by atoms with Gasteiger partial charge in [0, 0.05) is 5.88 Å². The molecule has 0 radical (unpaired) electrons. The lowest BCUT2D eigenvalue weighted by Crippen LogP contribution is -2.09. The molecule has 0 saturated heterocycles. The number of Topliss-reactive ketones (excluding diaryl/α,β-unsaturated/α-hetero) is 1. The lowest BCUT2D eigenvalue weighted by atomic mass is 10.4. The van der Waals surface area contributed by atoms with Crippen LogP contribution in [0.25, 0.3) is 0 Å². The van der Waals surface area contributed by atoms with Crippen molar-refractivity contribution >= 4 is 33.3 Å². The fourth-order valence-corrected chi connectivity index (χ4v) is 0.326. The molecule has 0 unspecified atom stereocenters. The van der Waals surface area contributed by atoms with Crippen molar-refractivity contribution in [1.29, 1.82) is 0 Å². The Morgan fingerprint density at radius 3 is 2.43 bits per heavy atom. The number of carbonyl (C=O) groups excluding carboxylic acids is 1. The molecule has 42 valence electrons. The minimum absolute atomic E-state index is 0.0787. The molecular formula is C4H6BrClO. The standard InChI is InChI=1S/C4H6BrClO/c1-3(7)4(5)2-6/h4H,2H2,1H3/t4-/m1/s1. The predicted molar refractivity (Wildman–Crippen MR) is 34.1 cm³/mol. The average molecular weight is 185 g/mol. The summed E-state index contributed by atoms with van der Waals surface area (Å²) in [6.45, 7) is 1.50. The molecule has 0 aliphatic carbocycles. The molecule has 0 aromatic heterocycles. The van der Waals surface area contributed by atoms with Crippen molar-refractivity contribution < 1.29 is 4.79 Å². The molecule has 0 fully saturated rings. The first-order valence-corrected chi connectivity index (χ1v) is 3.34. The van der Waals surface area contributed by atoms with Crippen molar-refractivity contribution in [1.82, 2.24) is 0 Å². The summed E-state index contributed by atoms with van der Waals surface area (Å²) in [5, 5.41) is 0. The maximum atomic E-state index is 10.2. The van der Waals surface area contributed by atoms with Crippen LogP contribution in [0.1, 0.15) is 6.92 Å². The van der Waals surface area contributed by atoms with E-state index < -0.39 is 0 Å². The molecular weight excluding hydrogens is 179 g/mol. The summed E-state index contributed by atoms with van der Waals surface area (Å²) in [6, 6.07) is 0. The first-order valence-electron chi connectivity index (χ1n) is 1.89. The maximum Gasteiger partial charge on any atom is 0.144 e. The van der Waals surface area contributed by atoms with Gasteiger partial charge in [0.05, 0.1) is 4.83 Å². The van der Waals surface area contributed by atoms with Gasteiger partial charge in [0.2, 0.25) is 0 Å². The summed E-state index contributed by atoms with van der Waals surface area (Å²) < 4.78 is 0. The molecule has 0 aliphatic heterocycles. The van der Waals surface area contributed by atoms with Crippen molar-refractivity contribution in [3.63, 3.8) is 0 Å². The Kier molecular flexibility index (Phi) is 3.66. The molecule has 0 spiro atoms. The smallest absolute Gasteiger partial charge is 0.144 e. The summed E-state index contributed by atoms with van der Waals surface area (Å²) in [4.78, 5) is 10.1. The van der Waals surface area contributed by atoms with Crippen molar-refractivity contribution in [2.24, 2.45) is 0 Å². The van der Waals surface area contributed by atoms with Gasteiger partial charge in [-0.05, 0) is 6.92 Å². The van der Waals surface area contributed by atoms with Crippen molar-refractivity contribution in [3.05, 3.63) is 0 Å². The van der Waals surface area contributed by atoms with E-state index >= 15 is 0 Å². The highest BCUT2D eigenvalue weighted by molar-refractivity contribution is 9.10. The van der Waals surface area contributed by atoms with Gasteiger partial charge in [0.15, 0.2) is 0 Å². The highest BCUT2D eigenvalue weighted by Crippen LogP contribution is 2.01. The summed E-state index contributed by atoms with van der Waals surface area (Å²) in [6.07, 6.45) is 0. The van der Waals surface area contributed by atoms with E-state index in [1.165, 1.54) is 6.92 Å². The second-order valence-electron chi connectivity index (χ2n) is 1.23. The van der Waals surface area contributed by atoms with E-state index in [-0.39, 0.29) is 10.6 Å². The van der Waals surface area contributed by atoms with Gasteiger partial charge in [-0.3, -0.25) is 4.79 Å².